The number of sulfonamides is 2. The highest BCUT2D eigenvalue weighted by Gasteiger charge is 2.29. The predicted molar refractivity (Wildman–Crippen MR) is 181 cm³/mol. The number of rotatable bonds is 11. The molecule has 9 nitrogen and oxygen atoms in total. The molecule has 0 fully saturated rings. The number of methoxy groups -OCH3 is 1. The molecule has 5 rings (SSSR count). The van der Waals surface area contributed by atoms with Gasteiger partial charge < -0.3 is 10.1 Å². The fourth-order valence-electron chi connectivity index (χ4n) is 4.51. The number of nitrogens with one attached hydrogen (secondary N) is 2. The largest absolute Gasteiger partial charge is 0.497 e. The summed E-state index contributed by atoms with van der Waals surface area (Å²) < 4.78 is 62.8. The third-order valence-electron chi connectivity index (χ3n) is 6.85. The van der Waals surface area contributed by atoms with Crippen LogP contribution in [0.15, 0.2) is 131 Å². The first-order valence-electron chi connectivity index (χ1n) is 13.7. The van der Waals surface area contributed by atoms with Gasteiger partial charge in [0.2, 0.25) is 0 Å². The number of nitrogens with zero attached hydrogens (tertiary/aromatic N) is 1. The monoisotopic (exact) mass is 695 g/mol. The molecule has 5 aromatic carbocycles. The van der Waals surface area contributed by atoms with Crippen LogP contribution in [0, 0.1) is 0 Å². The number of hydrogen-bond acceptors (Lipinski definition) is 6. The number of halogens is 2. The molecule has 0 aliphatic carbocycles. The zero-order chi connectivity index (χ0) is 32.9. The molecule has 1 amide bonds. The van der Waals surface area contributed by atoms with E-state index < -0.39 is 26.0 Å². The van der Waals surface area contributed by atoms with Crippen molar-refractivity contribution in [3.05, 3.63) is 142 Å². The fraction of sp³-hybridized carbons (Fsp3) is 0.0606. The summed E-state index contributed by atoms with van der Waals surface area (Å²) in [4.78, 5) is 13.6. The van der Waals surface area contributed by atoms with E-state index in [1.165, 1.54) is 66.0 Å². The van der Waals surface area contributed by atoms with Gasteiger partial charge in [0.15, 0.2) is 0 Å². The summed E-state index contributed by atoms with van der Waals surface area (Å²) in [5.41, 5.74) is 1.35. The average molecular weight is 697 g/mol. The third-order valence-corrected chi connectivity index (χ3v) is 10.8. The van der Waals surface area contributed by atoms with Crippen LogP contribution in [0.4, 0.5) is 17.1 Å². The second-order valence-electron chi connectivity index (χ2n) is 9.88. The van der Waals surface area contributed by atoms with E-state index in [1.54, 1.807) is 60.7 Å². The summed E-state index contributed by atoms with van der Waals surface area (Å²) in [6, 6.07) is 31.4. The highest BCUT2D eigenvalue weighted by Crippen LogP contribution is 2.32. The van der Waals surface area contributed by atoms with E-state index in [-0.39, 0.29) is 49.0 Å². The molecule has 0 aromatic heterocycles. The first kappa shape index (κ1) is 32.8. The highest BCUT2D eigenvalue weighted by atomic mass is 35.5. The lowest BCUT2D eigenvalue weighted by Crippen LogP contribution is -2.32. The molecule has 46 heavy (non-hydrogen) atoms. The Morgan fingerprint density at radius 2 is 1.37 bits per heavy atom. The summed E-state index contributed by atoms with van der Waals surface area (Å²) in [5.74, 6) is -0.103. The van der Waals surface area contributed by atoms with Crippen molar-refractivity contribution in [3.8, 4) is 5.75 Å². The van der Waals surface area contributed by atoms with Gasteiger partial charge in [-0.25, -0.2) is 16.8 Å². The summed E-state index contributed by atoms with van der Waals surface area (Å²) in [6.45, 7) is -0.0459. The Morgan fingerprint density at radius 3 is 2.04 bits per heavy atom. The van der Waals surface area contributed by atoms with E-state index in [0.717, 1.165) is 0 Å². The number of para-hydroxylation sites is 1. The molecule has 0 spiro atoms. The van der Waals surface area contributed by atoms with E-state index in [4.69, 9.17) is 27.9 Å². The fourth-order valence-corrected chi connectivity index (χ4v) is 7.46. The van der Waals surface area contributed by atoms with Crippen molar-refractivity contribution in [1.82, 2.24) is 0 Å². The van der Waals surface area contributed by atoms with Gasteiger partial charge in [0, 0.05) is 5.69 Å². The van der Waals surface area contributed by atoms with Crippen molar-refractivity contribution in [1.29, 1.82) is 0 Å². The Hall–Kier alpha value is -4.55. The van der Waals surface area contributed by atoms with E-state index in [1.807, 2.05) is 6.07 Å². The maximum absolute atomic E-state index is 14.0. The predicted octanol–water partition coefficient (Wildman–Crippen LogP) is 7.45. The van der Waals surface area contributed by atoms with Gasteiger partial charge in [0.25, 0.3) is 26.0 Å². The third kappa shape index (κ3) is 7.29. The molecule has 0 saturated carbocycles. The van der Waals surface area contributed by atoms with Crippen molar-refractivity contribution in [2.75, 3.05) is 21.5 Å². The van der Waals surface area contributed by atoms with Crippen molar-refractivity contribution in [3.63, 3.8) is 0 Å². The van der Waals surface area contributed by atoms with Crippen LogP contribution >= 0.6 is 23.2 Å². The Morgan fingerprint density at radius 1 is 0.739 bits per heavy atom. The number of anilines is 3. The summed E-state index contributed by atoms with van der Waals surface area (Å²) in [6.07, 6.45) is 0. The maximum Gasteiger partial charge on any atom is 0.264 e. The highest BCUT2D eigenvalue weighted by molar-refractivity contribution is 7.93. The van der Waals surface area contributed by atoms with Gasteiger partial charge in [-0.3, -0.25) is 13.8 Å². The molecule has 0 unspecified atom stereocenters. The molecule has 2 N–H and O–H groups in total. The van der Waals surface area contributed by atoms with Gasteiger partial charge in [-0.1, -0.05) is 71.7 Å². The van der Waals surface area contributed by atoms with E-state index >= 15 is 0 Å². The Balaban J connectivity index is 1.43. The second-order valence-corrected chi connectivity index (χ2v) is 14.2. The molecular formula is C33H27Cl2N3O6S2. The van der Waals surface area contributed by atoms with Gasteiger partial charge in [0.05, 0.1) is 50.4 Å². The first-order valence-corrected chi connectivity index (χ1v) is 17.4. The molecule has 0 bridgehead atoms. The van der Waals surface area contributed by atoms with Crippen molar-refractivity contribution < 1.29 is 26.4 Å². The molecule has 0 aliphatic rings. The number of carbonyl (C=O) groups excluding carboxylic acids is 1. The molecule has 13 heteroatoms. The van der Waals surface area contributed by atoms with Crippen LogP contribution in [0.3, 0.4) is 0 Å². The lowest BCUT2D eigenvalue weighted by atomic mass is 10.1. The summed E-state index contributed by atoms with van der Waals surface area (Å²) >= 11 is 12.1. The lowest BCUT2D eigenvalue weighted by molar-refractivity contribution is 0.102. The van der Waals surface area contributed by atoms with Crippen LogP contribution in [-0.4, -0.2) is 29.9 Å². The van der Waals surface area contributed by atoms with Gasteiger partial charge in [-0.2, -0.15) is 0 Å². The number of carbonyl (C=O) groups is 1. The van der Waals surface area contributed by atoms with Crippen molar-refractivity contribution >= 4 is 66.2 Å². The molecule has 0 aliphatic heterocycles. The molecular weight excluding hydrogens is 669 g/mol. The number of amides is 1. The minimum absolute atomic E-state index is 0.0175. The topological polar surface area (TPSA) is 122 Å². The van der Waals surface area contributed by atoms with E-state index in [0.29, 0.717) is 11.3 Å². The molecule has 0 saturated heterocycles. The second kappa shape index (κ2) is 13.8. The Kier molecular flexibility index (Phi) is 9.88. The quantitative estimate of drug-likeness (QED) is 0.148. The smallest absolute Gasteiger partial charge is 0.264 e. The van der Waals surface area contributed by atoms with Crippen LogP contribution < -0.4 is 19.1 Å². The molecule has 0 radical (unpaired) electrons. The van der Waals surface area contributed by atoms with Crippen LogP contribution in [0.25, 0.3) is 0 Å². The standard InChI is InChI=1S/C33H27Cl2N3O6S2/c1-44-25-16-20-27(21-17-25)46(42,43)38(22-23-8-3-2-4-9-23)31-13-6-5-10-28(31)33(39)36-24-14-18-26(19-15-24)45(40,41)37-30-12-7-11-29(34)32(30)35/h2-21,37H,22H2,1H3,(H,36,39). The van der Waals surface area contributed by atoms with Crippen LogP contribution in [0.1, 0.15) is 15.9 Å². The van der Waals surface area contributed by atoms with Gasteiger partial charge >= 0.3 is 0 Å². The summed E-state index contributed by atoms with van der Waals surface area (Å²) in [7, 11) is -6.70. The first-order chi connectivity index (χ1) is 22.0. The minimum Gasteiger partial charge on any atom is -0.497 e. The van der Waals surface area contributed by atoms with Crippen molar-refractivity contribution in [2.45, 2.75) is 16.3 Å². The lowest BCUT2D eigenvalue weighted by Gasteiger charge is -2.26. The summed E-state index contributed by atoms with van der Waals surface area (Å²) in [5, 5.41) is 2.99. The van der Waals surface area contributed by atoms with Gasteiger partial charge in [0.1, 0.15) is 5.75 Å². The minimum atomic E-state index is -4.15. The number of hydrogen-bond donors (Lipinski definition) is 2. The molecule has 0 heterocycles. The molecule has 0 atom stereocenters. The van der Waals surface area contributed by atoms with Crippen LogP contribution in [0.5, 0.6) is 5.75 Å². The normalized spacial score (nSPS) is 11.5. The molecule has 236 valence electrons. The van der Waals surface area contributed by atoms with Gasteiger partial charge in [-0.05, 0) is 78.4 Å². The van der Waals surface area contributed by atoms with E-state index in [9.17, 15) is 21.6 Å². The molecule has 5 aromatic rings. The Labute approximate surface area is 277 Å². The number of ether oxygens (including phenoxy) is 1. The SMILES string of the molecule is COc1ccc(S(=O)(=O)N(Cc2ccccc2)c2ccccc2C(=O)Nc2ccc(S(=O)(=O)Nc3cccc(Cl)c3Cl)cc2)cc1. The average Bonchev–Trinajstić information content (AvgIpc) is 3.06. The maximum atomic E-state index is 14.0. The van der Waals surface area contributed by atoms with Crippen LogP contribution in [-0.2, 0) is 26.6 Å². The van der Waals surface area contributed by atoms with Crippen LogP contribution in [0.2, 0.25) is 10.0 Å². The zero-order valence-electron chi connectivity index (χ0n) is 24.2. The Bertz CT molecular complexity index is 2080. The van der Waals surface area contributed by atoms with Gasteiger partial charge in [-0.15, -0.1) is 0 Å². The van der Waals surface area contributed by atoms with E-state index in [2.05, 4.69) is 10.0 Å². The number of benzene rings is 5. The van der Waals surface area contributed by atoms with Crippen molar-refractivity contribution in [2.24, 2.45) is 0 Å². The zero-order valence-corrected chi connectivity index (χ0v) is 27.4.